The fourth-order valence-corrected chi connectivity index (χ4v) is 2.84. The highest BCUT2D eigenvalue weighted by atomic mass is 35.5. The van der Waals surface area contributed by atoms with Crippen molar-refractivity contribution in [1.82, 2.24) is 14.8 Å². The largest absolute Gasteiger partial charge is 0.378 e. The lowest BCUT2D eigenvalue weighted by atomic mass is 9.91. The first-order valence-electron chi connectivity index (χ1n) is 7.55. The van der Waals surface area contributed by atoms with Crippen LogP contribution in [0.4, 0.5) is 0 Å². The first-order valence-corrected chi connectivity index (χ1v) is 7.93. The number of halogens is 1. The zero-order valence-corrected chi connectivity index (χ0v) is 14.3. The number of rotatable bonds is 8. The summed E-state index contributed by atoms with van der Waals surface area (Å²) < 4.78 is 12.8. The van der Waals surface area contributed by atoms with Crippen LogP contribution in [-0.4, -0.2) is 39.4 Å². The van der Waals surface area contributed by atoms with E-state index in [2.05, 4.69) is 10.1 Å². The average molecular weight is 340 g/mol. The Morgan fingerprint density at radius 3 is 2.52 bits per heavy atom. The fourth-order valence-electron chi connectivity index (χ4n) is 2.45. The summed E-state index contributed by atoms with van der Waals surface area (Å²) in [6.45, 7) is 6.54. The van der Waals surface area contributed by atoms with E-state index in [1.165, 1.54) is 17.3 Å². The van der Waals surface area contributed by atoms with Crippen LogP contribution in [0.25, 0.3) is 0 Å². The van der Waals surface area contributed by atoms with Gasteiger partial charge in [-0.15, -0.1) is 0 Å². The maximum absolute atomic E-state index is 11.4. The second-order valence-electron chi connectivity index (χ2n) is 5.24. The Morgan fingerprint density at radius 2 is 2.00 bits per heavy atom. The first-order chi connectivity index (χ1) is 11.0. The molecule has 1 N–H and O–H groups in total. The number of aryl methyl sites for hydroxylation is 1. The second-order valence-corrected chi connectivity index (χ2v) is 5.65. The van der Waals surface area contributed by atoms with Crippen LogP contribution in [0.15, 0.2) is 30.9 Å². The van der Waals surface area contributed by atoms with Crippen molar-refractivity contribution in [3.8, 4) is 0 Å². The number of aromatic nitrogens is 3. The maximum Gasteiger partial charge on any atom is 0.192 e. The normalized spacial score (nSPS) is 14.2. The van der Waals surface area contributed by atoms with Crippen molar-refractivity contribution in [2.45, 2.75) is 39.2 Å². The van der Waals surface area contributed by atoms with Gasteiger partial charge in [0.05, 0.1) is 6.54 Å². The Labute approximate surface area is 141 Å². The van der Waals surface area contributed by atoms with E-state index in [0.717, 1.165) is 5.56 Å². The molecule has 0 saturated carbocycles. The van der Waals surface area contributed by atoms with Crippen molar-refractivity contribution in [3.05, 3.63) is 47.0 Å². The molecule has 0 fully saturated rings. The summed E-state index contributed by atoms with van der Waals surface area (Å²) in [5, 5.41) is 15.9. The van der Waals surface area contributed by atoms with Gasteiger partial charge in [-0.25, -0.2) is 9.67 Å². The molecule has 0 radical (unpaired) electrons. The number of hydrogen-bond acceptors (Lipinski definition) is 5. The molecule has 7 heteroatoms. The third-order valence-corrected chi connectivity index (χ3v) is 3.80. The van der Waals surface area contributed by atoms with E-state index in [1.807, 2.05) is 26.8 Å². The van der Waals surface area contributed by atoms with Gasteiger partial charge in [-0.2, -0.15) is 5.10 Å². The highest BCUT2D eigenvalue weighted by Crippen LogP contribution is 2.35. The number of hydrogen-bond donors (Lipinski definition) is 1. The Bertz CT molecular complexity index is 615. The second kappa shape index (κ2) is 7.88. The van der Waals surface area contributed by atoms with Gasteiger partial charge in [0.15, 0.2) is 11.9 Å². The summed E-state index contributed by atoms with van der Waals surface area (Å²) in [5.74, 6) is 0. The molecule has 0 aliphatic rings. The van der Waals surface area contributed by atoms with Crippen LogP contribution in [0.2, 0.25) is 5.02 Å². The van der Waals surface area contributed by atoms with E-state index in [-0.39, 0.29) is 6.54 Å². The van der Waals surface area contributed by atoms with E-state index in [9.17, 15) is 5.11 Å². The molecule has 23 heavy (non-hydrogen) atoms. The lowest BCUT2D eigenvalue weighted by Crippen LogP contribution is -2.47. The maximum atomic E-state index is 11.4. The van der Waals surface area contributed by atoms with Crippen molar-refractivity contribution < 1.29 is 14.6 Å². The van der Waals surface area contributed by atoms with E-state index in [4.69, 9.17) is 21.1 Å². The third kappa shape index (κ3) is 4.09. The molecule has 1 aromatic carbocycles. The molecule has 1 heterocycles. The number of benzene rings is 1. The standard InChI is InChI=1S/C16H22ClN3O3/c1-4-22-15(23-5-2)16(21,9-20-11-18-10-19-20)13-7-6-12(3)8-14(13)17/h6-8,10-11,15,21H,4-5,9H2,1-3H3. The van der Waals surface area contributed by atoms with Crippen molar-refractivity contribution in [1.29, 1.82) is 0 Å². The molecule has 6 nitrogen and oxygen atoms in total. The molecular formula is C16H22ClN3O3. The summed E-state index contributed by atoms with van der Waals surface area (Å²) >= 11 is 6.38. The van der Waals surface area contributed by atoms with Crippen LogP contribution in [0, 0.1) is 6.92 Å². The van der Waals surface area contributed by atoms with Crippen molar-refractivity contribution >= 4 is 11.6 Å². The van der Waals surface area contributed by atoms with Gasteiger partial charge in [0.1, 0.15) is 12.7 Å². The van der Waals surface area contributed by atoms with Gasteiger partial charge >= 0.3 is 0 Å². The Hall–Kier alpha value is -1.47. The first kappa shape index (κ1) is 17.9. The molecule has 1 aromatic heterocycles. The predicted octanol–water partition coefficient (Wildman–Crippen LogP) is 2.53. The molecule has 2 aromatic rings. The van der Waals surface area contributed by atoms with Crippen LogP contribution in [-0.2, 0) is 21.6 Å². The quantitative estimate of drug-likeness (QED) is 0.748. The molecule has 2 rings (SSSR count). The van der Waals surface area contributed by atoms with E-state index < -0.39 is 11.9 Å². The van der Waals surface area contributed by atoms with Crippen LogP contribution in [0.1, 0.15) is 25.0 Å². The van der Waals surface area contributed by atoms with Crippen molar-refractivity contribution in [2.75, 3.05) is 13.2 Å². The molecule has 0 spiro atoms. The summed E-state index contributed by atoms with van der Waals surface area (Å²) in [6, 6.07) is 5.49. The zero-order valence-electron chi connectivity index (χ0n) is 13.6. The highest BCUT2D eigenvalue weighted by molar-refractivity contribution is 6.31. The molecule has 0 bridgehead atoms. The van der Waals surface area contributed by atoms with Gasteiger partial charge in [-0.1, -0.05) is 23.7 Å². The highest BCUT2D eigenvalue weighted by Gasteiger charge is 2.42. The van der Waals surface area contributed by atoms with Gasteiger partial charge in [0, 0.05) is 23.8 Å². The molecule has 1 atom stereocenters. The van der Waals surface area contributed by atoms with Crippen molar-refractivity contribution in [3.63, 3.8) is 0 Å². The van der Waals surface area contributed by atoms with Crippen LogP contribution < -0.4 is 0 Å². The lowest BCUT2D eigenvalue weighted by Gasteiger charge is -2.36. The van der Waals surface area contributed by atoms with E-state index >= 15 is 0 Å². The Kier molecular flexibility index (Phi) is 6.12. The van der Waals surface area contributed by atoms with Gasteiger partial charge in [0.2, 0.25) is 0 Å². The summed E-state index contributed by atoms with van der Waals surface area (Å²) in [7, 11) is 0. The van der Waals surface area contributed by atoms with Crippen LogP contribution in [0.3, 0.4) is 0 Å². The smallest absolute Gasteiger partial charge is 0.192 e. The molecule has 0 aliphatic carbocycles. The van der Waals surface area contributed by atoms with Gasteiger partial charge < -0.3 is 14.6 Å². The number of ether oxygens (including phenoxy) is 2. The number of aliphatic hydroxyl groups is 1. The average Bonchev–Trinajstić information content (AvgIpc) is 2.99. The minimum atomic E-state index is -1.50. The summed E-state index contributed by atoms with van der Waals surface area (Å²) in [5.41, 5.74) is 0.0446. The van der Waals surface area contributed by atoms with Crippen LogP contribution >= 0.6 is 11.6 Å². The molecule has 0 aliphatic heterocycles. The predicted molar refractivity (Wildman–Crippen MR) is 87.1 cm³/mol. The summed E-state index contributed by atoms with van der Waals surface area (Å²) in [4.78, 5) is 3.91. The Morgan fingerprint density at radius 1 is 1.30 bits per heavy atom. The fraction of sp³-hybridized carbons (Fsp3) is 0.500. The SMILES string of the molecule is CCOC(OCC)C(O)(Cn1cncn1)c1ccc(C)cc1Cl. The van der Waals surface area contributed by atoms with Gasteiger partial charge in [-0.05, 0) is 32.4 Å². The third-order valence-electron chi connectivity index (χ3n) is 3.49. The molecule has 1 unspecified atom stereocenters. The van der Waals surface area contributed by atoms with Gasteiger partial charge in [0.25, 0.3) is 0 Å². The molecule has 0 saturated heterocycles. The minimum Gasteiger partial charge on any atom is -0.378 e. The van der Waals surface area contributed by atoms with Crippen LogP contribution in [0.5, 0.6) is 0 Å². The molecule has 126 valence electrons. The van der Waals surface area contributed by atoms with E-state index in [0.29, 0.717) is 23.8 Å². The monoisotopic (exact) mass is 339 g/mol. The minimum absolute atomic E-state index is 0.112. The molecular weight excluding hydrogens is 318 g/mol. The topological polar surface area (TPSA) is 69.4 Å². The lowest BCUT2D eigenvalue weighted by molar-refractivity contribution is -0.245. The zero-order chi connectivity index (χ0) is 16.9. The van der Waals surface area contributed by atoms with Crippen molar-refractivity contribution in [2.24, 2.45) is 0 Å². The summed E-state index contributed by atoms with van der Waals surface area (Å²) in [6.07, 6.45) is 2.07. The van der Waals surface area contributed by atoms with Gasteiger partial charge in [-0.3, -0.25) is 0 Å². The number of nitrogens with zero attached hydrogens (tertiary/aromatic N) is 3. The van der Waals surface area contributed by atoms with E-state index in [1.54, 1.807) is 12.1 Å². The Balaban J connectivity index is 2.48. The molecule has 0 amide bonds.